The van der Waals surface area contributed by atoms with Gasteiger partial charge in [-0.05, 0) is 19.9 Å². The maximum atomic E-state index is 9.03. The van der Waals surface area contributed by atoms with E-state index in [0.717, 1.165) is 0 Å². The lowest BCUT2D eigenvalue weighted by Gasteiger charge is -2.07. The van der Waals surface area contributed by atoms with Crippen LogP contribution in [0.4, 0.5) is 0 Å². The molecule has 84 valence electrons. The average Bonchev–Trinajstić information content (AvgIpc) is 2.59. The highest BCUT2D eigenvalue weighted by Crippen LogP contribution is 2.19. The van der Waals surface area contributed by atoms with Crippen LogP contribution in [0.5, 0.6) is 0 Å². The second kappa shape index (κ2) is 3.88. The third-order valence-electron chi connectivity index (χ3n) is 2.27. The van der Waals surface area contributed by atoms with Crippen molar-refractivity contribution in [3.63, 3.8) is 0 Å². The Morgan fingerprint density at radius 3 is 2.69 bits per heavy atom. The lowest BCUT2D eigenvalue weighted by atomic mass is 9.81. The van der Waals surface area contributed by atoms with E-state index < -0.39 is 7.12 Å². The van der Waals surface area contributed by atoms with Crippen molar-refractivity contribution in [3.05, 3.63) is 24.0 Å². The Morgan fingerprint density at radius 1 is 1.38 bits per heavy atom. The van der Waals surface area contributed by atoms with Crippen LogP contribution in [0.3, 0.4) is 0 Å². The minimum absolute atomic E-state index is 0.233. The van der Waals surface area contributed by atoms with Crippen molar-refractivity contribution in [3.8, 4) is 0 Å². The minimum atomic E-state index is -1.53. The molecule has 0 aromatic carbocycles. The summed E-state index contributed by atoms with van der Waals surface area (Å²) in [6, 6.07) is 1.61. The van der Waals surface area contributed by atoms with Gasteiger partial charge in [0.05, 0.1) is 11.1 Å². The number of hydrogen-bond donors (Lipinski definition) is 2. The molecular formula is C10H13BN2O3. The maximum absolute atomic E-state index is 9.03. The fourth-order valence-corrected chi connectivity index (χ4v) is 1.45. The molecule has 0 atom stereocenters. The van der Waals surface area contributed by atoms with Crippen LogP contribution in [-0.4, -0.2) is 40.2 Å². The molecule has 16 heavy (non-hydrogen) atoms. The highest BCUT2D eigenvalue weighted by Gasteiger charge is 2.27. The van der Waals surface area contributed by atoms with Crippen LogP contribution in [0.2, 0.25) is 0 Å². The van der Waals surface area contributed by atoms with Gasteiger partial charge in [0.1, 0.15) is 6.61 Å². The molecule has 1 aromatic rings. The fourth-order valence-electron chi connectivity index (χ4n) is 1.45. The van der Waals surface area contributed by atoms with E-state index in [2.05, 4.69) is 9.98 Å². The largest absolute Gasteiger partial charge is 0.490 e. The van der Waals surface area contributed by atoms with Gasteiger partial charge in [0.25, 0.3) is 0 Å². The highest BCUT2D eigenvalue weighted by atomic mass is 16.5. The zero-order chi connectivity index (χ0) is 11.8. The summed E-state index contributed by atoms with van der Waals surface area (Å²) < 4.78 is 5.44. The molecule has 1 aromatic heterocycles. The molecule has 0 fully saturated rings. The molecule has 6 heteroatoms. The summed E-state index contributed by atoms with van der Waals surface area (Å²) in [6.07, 6.45) is 2.99. The van der Waals surface area contributed by atoms with Crippen LogP contribution in [0.15, 0.2) is 23.5 Å². The topological polar surface area (TPSA) is 74.9 Å². The van der Waals surface area contributed by atoms with Gasteiger partial charge in [-0.25, -0.2) is 4.99 Å². The summed E-state index contributed by atoms with van der Waals surface area (Å²) in [5.41, 5.74) is 0.757. The van der Waals surface area contributed by atoms with Crippen molar-refractivity contribution in [2.45, 2.75) is 19.4 Å². The standard InChI is InChI=1S/C10H13BN2O3/c1-10(2)6-16-9(13-10)7-3-8(11(14)15)5-12-4-7/h3-5,14-15H,6H2,1-2H3. The smallest absolute Gasteiger partial charge is 0.475 e. The third kappa shape index (κ3) is 2.23. The van der Waals surface area contributed by atoms with Gasteiger partial charge in [-0.2, -0.15) is 0 Å². The molecule has 0 aliphatic carbocycles. The Bertz CT molecular complexity index is 432. The summed E-state index contributed by atoms with van der Waals surface area (Å²) in [5.74, 6) is 0.500. The molecule has 0 amide bonds. The van der Waals surface area contributed by atoms with E-state index in [9.17, 15) is 0 Å². The molecule has 1 aliphatic heterocycles. The predicted molar refractivity (Wildman–Crippen MR) is 60.6 cm³/mol. The zero-order valence-corrected chi connectivity index (χ0v) is 9.21. The van der Waals surface area contributed by atoms with Crippen molar-refractivity contribution in [2.75, 3.05) is 6.61 Å². The van der Waals surface area contributed by atoms with Crippen molar-refractivity contribution in [1.29, 1.82) is 0 Å². The summed E-state index contributed by atoms with van der Waals surface area (Å²) in [7, 11) is -1.53. The third-order valence-corrected chi connectivity index (χ3v) is 2.27. The fraction of sp³-hybridized carbons (Fsp3) is 0.400. The van der Waals surface area contributed by atoms with Crippen LogP contribution in [0, 0.1) is 0 Å². The van der Waals surface area contributed by atoms with Crippen LogP contribution in [-0.2, 0) is 4.74 Å². The monoisotopic (exact) mass is 220 g/mol. The van der Waals surface area contributed by atoms with E-state index in [1.165, 1.54) is 6.20 Å². The Morgan fingerprint density at radius 2 is 2.12 bits per heavy atom. The summed E-state index contributed by atoms with van der Waals surface area (Å²) in [5, 5.41) is 18.1. The Kier molecular flexibility index (Phi) is 2.69. The van der Waals surface area contributed by atoms with Gasteiger partial charge >= 0.3 is 7.12 Å². The minimum Gasteiger partial charge on any atom is -0.475 e. The Hall–Kier alpha value is -1.40. The SMILES string of the molecule is CC1(C)COC(c2cncc(B(O)O)c2)=N1. The number of aromatic nitrogens is 1. The van der Waals surface area contributed by atoms with E-state index in [1.807, 2.05) is 13.8 Å². The molecular weight excluding hydrogens is 207 g/mol. The lowest BCUT2D eigenvalue weighted by Crippen LogP contribution is -2.30. The summed E-state index contributed by atoms with van der Waals surface area (Å²) >= 11 is 0. The molecule has 0 saturated carbocycles. The quantitative estimate of drug-likeness (QED) is 0.647. The van der Waals surface area contributed by atoms with Gasteiger partial charge in [0.2, 0.25) is 5.90 Å². The predicted octanol–water partition coefficient (Wildman–Crippen LogP) is -0.683. The maximum Gasteiger partial charge on any atom is 0.490 e. The number of pyridine rings is 1. The lowest BCUT2D eigenvalue weighted by molar-refractivity contribution is 0.279. The number of rotatable bonds is 2. The van der Waals surface area contributed by atoms with Gasteiger partial charge in [-0.3, -0.25) is 4.98 Å². The molecule has 0 unspecified atom stereocenters. The van der Waals surface area contributed by atoms with Crippen LogP contribution >= 0.6 is 0 Å². The first kappa shape index (κ1) is 11.1. The molecule has 0 bridgehead atoms. The van der Waals surface area contributed by atoms with Gasteiger partial charge in [0.15, 0.2) is 0 Å². The van der Waals surface area contributed by atoms with Gasteiger partial charge < -0.3 is 14.8 Å². The molecule has 0 radical (unpaired) electrons. The van der Waals surface area contributed by atoms with Gasteiger partial charge in [-0.15, -0.1) is 0 Å². The molecule has 1 aliphatic rings. The van der Waals surface area contributed by atoms with Gasteiger partial charge in [-0.1, -0.05) is 0 Å². The highest BCUT2D eigenvalue weighted by molar-refractivity contribution is 6.58. The molecule has 0 spiro atoms. The van der Waals surface area contributed by atoms with E-state index in [4.69, 9.17) is 14.8 Å². The van der Waals surface area contributed by atoms with Gasteiger partial charge in [0, 0.05) is 17.9 Å². The summed E-state index contributed by atoms with van der Waals surface area (Å²) in [4.78, 5) is 8.30. The second-order valence-electron chi connectivity index (χ2n) is 4.40. The zero-order valence-electron chi connectivity index (χ0n) is 9.21. The molecule has 0 saturated heterocycles. The van der Waals surface area contributed by atoms with Crippen molar-refractivity contribution in [2.24, 2.45) is 4.99 Å². The first-order valence-corrected chi connectivity index (χ1v) is 5.02. The Balaban J connectivity index is 2.32. The van der Waals surface area contributed by atoms with E-state index in [-0.39, 0.29) is 5.54 Å². The summed E-state index contributed by atoms with van der Waals surface area (Å²) in [6.45, 7) is 4.46. The first-order valence-electron chi connectivity index (χ1n) is 5.02. The van der Waals surface area contributed by atoms with Crippen LogP contribution < -0.4 is 5.46 Å². The average molecular weight is 220 g/mol. The number of hydrogen-bond acceptors (Lipinski definition) is 5. The van der Waals surface area contributed by atoms with E-state index in [0.29, 0.717) is 23.5 Å². The second-order valence-corrected chi connectivity index (χ2v) is 4.40. The number of ether oxygens (including phenoxy) is 1. The van der Waals surface area contributed by atoms with Crippen molar-refractivity contribution >= 4 is 18.5 Å². The first-order chi connectivity index (χ1) is 7.48. The van der Waals surface area contributed by atoms with E-state index in [1.54, 1.807) is 12.3 Å². The normalized spacial score (nSPS) is 17.9. The number of nitrogens with zero attached hydrogens (tertiary/aromatic N) is 2. The molecule has 2 heterocycles. The van der Waals surface area contributed by atoms with E-state index >= 15 is 0 Å². The molecule has 2 rings (SSSR count). The van der Waals surface area contributed by atoms with Crippen LogP contribution in [0.25, 0.3) is 0 Å². The van der Waals surface area contributed by atoms with Crippen molar-refractivity contribution in [1.82, 2.24) is 4.98 Å². The van der Waals surface area contributed by atoms with Crippen molar-refractivity contribution < 1.29 is 14.8 Å². The molecule has 2 N–H and O–H groups in total. The number of aliphatic imine (C=N–C) groups is 1. The van der Waals surface area contributed by atoms with Crippen LogP contribution in [0.1, 0.15) is 19.4 Å². The Labute approximate surface area is 94.0 Å². The molecule has 5 nitrogen and oxygen atoms in total.